The highest BCUT2D eigenvalue weighted by atomic mass is 16.1. The van der Waals surface area contributed by atoms with Crippen LogP contribution in [0.4, 0.5) is 5.69 Å². The molecular weight excluding hydrogens is 300 g/mol. The maximum atomic E-state index is 11.6. The van der Waals surface area contributed by atoms with Gasteiger partial charge in [-0.05, 0) is 36.8 Å². The number of nitrogens with one attached hydrogen (secondary N) is 1. The highest BCUT2D eigenvalue weighted by molar-refractivity contribution is 5.95. The van der Waals surface area contributed by atoms with Crippen molar-refractivity contribution in [2.24, 2.45) is 0 Å². The van der Waals surface area contributed by atoms with E-state index in [1.807, 2.05) is 35.0 Å². The minimum Gasteiger partial charge on any atom is -0.380 e. The Hall–Kier alpha value is -3.39. The van der Waals surface area contributed by atoms with Gasteiger partial charge in [-0.2, -0.15) is 5.26 Å². The smallest absolute Gasteiger partial charge is 0.159 e. The Labute approximate surface area is 140 Å². The number of ketones is 1. The lowest BCUT2D eigenvalue weighted by Crippen LogP contribution is -2.06. The number of benzene rings is 2. The lowest BCUT2D eigenvalue weighted by molar-refractivity contribution is 0.101. The van der Waals surface area contributed by atoms with Crippen molar-refractivity contribution in [3.05, 3.63) is 77.9 Å². The van der Waals surface area contributed by atoms with Gasteiger partial charge in [-0.25, -0.2) is 4.98 Å². The average Bonchev–Trinajstić information content (AvgIpc) is 3.14. The Balaban J connectivity index is 1.88. The molecule has 0 fully saturated rings. The van der Waals surface area contributed by atoms with Crippen molar-refractivity contribution in [1.82, 2.24) is 9.55 Å². The van der Waals surface area contributed by atoms with Gasteiger partial charge >= 0.3 is 0 Å². The van der Waals surface area contributed by atoms with E-state index in [0.29, 0.717) is 23.4 Å². The van der Waals surface area contributed by atoms with Crippen molar-refractivity contribution >= 4 is 11.5 Å². The van der Waals surface area contributed by atoms with E-state index in [1.165, 1.54) is 6.92 Å². The van der Waals surface area contributed by atoms with Gasteiger partial charge in [-0.3, -0.25) is 4.79 Å². The normalized spacial score (nSPS) is 10.2. The zero-order chi connectivity index (χ0) is 16.9. The maximum absolute atomic E-state index is 11.6. The number of Topliss-reactive ketones (excluding diaryl/α,β-unsaturated/α-hetero) is 1. The summed E-state index contributed by atoms with van der Waals surface area (Å²) < 4.78 is 1.94. The van der Waals surface area contributed by atoms with Gasteiger partial charge in [0.05, 0.1) is 23.3 Å². The van der Waals surface area contributed by atoms with Crippen LogP contribution in [-0.4, -0.2) is 15.3 Å². The predicted molar refractivity (Wildman–Crippen MR) is 92.1 cm³/mol. The minimum absolute atomic E-state index is 0.0265. The van der Waals surface area contributed by atoms with Crippen LogP contribution in [0, 0.1) is 11.3 Å². The number of hydrogen-bond acceptors (Lipinski definition) is 4. The number of carbonyl (C=O) groups excluding carboxylic acids is 1. The van der Waals surface area contributed by atoms with Gasteiger partial charge in [0.2, 0.25) is 0 Å². The first-order chi connectivity index (χ1) is 11.7. The number of aromatic nitrogens is 2. The van der Waals surface area contributed by atoms with Gasteiger partial charge in [0, 0.05) is 24.5 Å². The predicted octanol–water partition coefficient (Wildman–Crippen LogP) is 3.56. The second-order valence-corrected chi connectivity index (χ2v) is 5.38. The molecule has 118 valence electrons. The molecule has 5 heteroatoms. The van der Waals surface area contributed by atoms with Gasteiger partial charge in [0.15, 0.2) is 5.78 Å². The maximum Gasteiger partial charge on any atom is 0.159 e. The topological polar surface area (TPSA) is 70.7 Å². The van der Waals surface area contributed by atoms with E-state index in [-0.39, 0.29) is 5.78 Å². The second kappa shape index (κ2) is 6.80. The molecule has 0 aliphatic heterocycles. The molecule has 0 saturated carbocycles. The van der Waals surface area contributed by atoms with Gasteiger partial charge in [0.1, 0.15) is 6.07 Å². The van der Waals surface area contributed by atoms with Crippen molar-refractivity contribution < 1.29 is 4.79 Å². The van der Waals surface area contributed by atoms with Crippen molar-refractivity contribution in [2.45, 2.75) is 13.5 Å². The van der Waals surface area contributed by atoms with Gasteiger partial charge in [-0.15, -0.1) is 0 Å². The zero-order valence-electron chi connectivity index (χ0n) is 13.2. The number of rotatable bonds is 5. The number of imidazole rings is 1. The largest absolute Gasteiger partial charge is 0.380 e. The quantitative estimate of drug-likeness (QED) is 0.731. The first kappa shape index (κ1) is 15.5. The lowest BCUT2D eigenvalue weighted by Gasteiger charge is -2.13. The van der Waals surface area contributed by atoms with E-state index in [0.717, 1.165) is 11.3 Å². The van der Waals surface area contributed by atoms with Crippen LogP contribution in [0.1, 0.15) is 28.4 Å². The number of para-hydroxylation sites is 1. The Morgan fingerprint density at radius 2 is 2.12 bits per heavy atom. The molecule has 3 rings (SSSR count). The molecule has 5 nitrogen and oxygen atoms in total. The SMILES string of the molecule is CC(=O)c1ccc(C#N)c(NCc2ccccc2-n2ccnc2)c1. The Morgan fingerprint density at radius 3 is 2.83 bits per heavy atom. The molecule has 2 aromatic carbocycles. The Bertz CT molecular complexity index is 907. The van der Waals surface area contributed by atoms with Crippen LogP contribution in [0.5, 0.6) is 0 Å². The van der Waals surface area contributed by atoms with Crippen molar-refractivity contribution in [1.29, 1.82) is 5.26 Å². The van der Waals surface area contributed by atoms with E-state index >= 15 is 0 Å². The molecule has 0 aliphatic rings. The highest BCUT2D eigenvalue weighted by Crippen LogP contribution is 2.20. The van der Waals surface area contributed by atoms with Gasteiger partial charge in [-0.1, -0.05) is 18.2 Å². The molecule has 0 radical (unpaired) electrons. The molecule has 0 unspecified atom stereocenters. The summed E-state index contributed by atoms with van der Waals surface area (Å²) in [6.45, 7) is 2.05. The lowest BCUT2D eigenvalue weighted by atomic mass is 10.1. The first-order valence-electron chi connectivity index (χ1n) is 7.54. The van der Waals surface area contributed by atoms with Crippen molar-refractivity contribution in [2.75, 3.05) is 5.32 Å². The number of nitriles is 1. The monoisotopic (exact) mass is 316 g/mol. The van der Waals surface area contributed by atoms with E-state index < -0.39 is 0 Å². The summed E-state index contributed by atoms with van der Waals surface area (Å²) in [6, 6.07) is 15.2. The molecule has 1 heterocycles. The summed E-state index contributed by atoms with van der Waals surface area (Å²) >= 11 is 0. The summed E-state index contributed by atoms with van der Waals surface area (Å²) in [5, 5.41) is 12.5. The number of anilines is 1. The molecule has 1 aromatic heterocycles. The van der Waals surface area contributed by atoms with Crippen LogP contribution in [0.15, 0.2) is 61.2 Å². The number of hydrogen-bond donors (Lipinski definition) is 1. The summed E-state index contributed by atoms with van der Waals surface area (Å²) in [6.07, 6.45) is 5.36. The van der Waals surface area contributed by atoms with Crippen molar-refractivity contribution in [3.8, 4) is 11.8 Å². The molecule has 0 bridgehead atoms. The van der Waals surface area contributed by atoms with Crippen LogP contribution in [-0.2, 0) is 6.54 Å². The fourth-order valence-electron chi connectivity index (χ4n) is 2.51. The summed E-state index contributed by atoms with van der Waals surface area (Å²) in [5.74, 6) is -0.0265. The number of nitrogens with zero attached hydrogens (tertiary/aromatic N) is 3. The van der Waals surface area contributed by atoms with Crippen LogP contribution in [0.3, 0.4) is 0 Å². The molecule has 0 amide bonds. The van der Waals surface area contributed by atoms with E-state index in [1.54, 1.807) is 30.7 Å². The fraction of sp³-hybridized carbons (Fsp3) is 0.105. The fourth-order valence-corrected chi connectivity index (χ4v) is 2.51. The summed E-state index contributed by atoms with van der Waals surface area (Å²) in [4.78, 5) is 15.6. The summed E-state index contributed by atoms with van der Waals surface area (Å²) in [5.41, 5.74) is 3.83. The first-order valence-corrected chi connectivity index (χ1v) is 7.54. The van der Waals surface area contributed by atoms with Crippen LogP contribution in [0.2, 0.25) is 0 Å². The minimum atomic E-state index is -0.0265. The van der Waals surface area contributed by atoms with Crippen LogP contribution >= 0.6 is 0 Å². The molecule has 24 heavy (non-hydrogen) atoms. The zero-order valence-corrected chi connectivity index (χ0v) is 13.2. The summed E-state index contributed by atoms with van der Waals surface area (Å²) in [7, 11) is 0. The van der Waals surface area contributed by atoms with Gasteiger partial charge < -0.3 is 9.88 Å². The van der Waals surface area contributed by atoms with E-state index in [2.05, 4.69) is 16.4 Å². The Kier molecular flexibility index (Phi) is 4.39. The van der Waals surface area contributed by atoms with Crippen LogP contribution in [0.25, 0.3) is 5.69 Å². The third kappa shape index (κ3) is 3.18. The average molecular weight is 316 g/mol. The van der Waals surface area contributed by atoms with Crippen molar-refractivity contribution in [3.63, 3.8) is 0 Å². The molecule has 0 spiro atoms. The van der Waals surface area contributed by atoms with Crippen LogP contribution < -0.4 is 5.32 Å². The Morgan fingerprint density at radius 1 is 1.29 bits per heavy atom. The molecule has 0 aliphatic carbocycles. The molecular formula is C19H16N4O. The highest BCUT2D eigenvalue weighted by Gasteiger charge is 2.08. The molecule has 1 N–H and O–H groups in total. The molecule has 3 aromatic rings. The molecule has 0 saturated heterocycles. The standard InChI is InChI=1S/C19H16N4O/c1-14(24)15-6-7-16(11-20)18(10-15)22-12-17-4-2-3-5-19(17)23-9-8-21-13-23/h2-10,13,22H,12H2,1H3. The molecule has 0 atom stereocenters. The number of carbonyl (C=O) groups is 1. The van der Waals surface area contributed by atoms with E-state index in [4.69, 9.17) is 0 Å². The van der Waals surface area contributed by atoms with E-state index in [9.17, 15) is 10.1 Å². The second-order valence-electron chi connectivity index (χ2n) is 5.38. The van der Waals surface area contributed by atoms with Gasteiger partial charge in [0.25, 0.3) is 0 Å². The third-order valence-electron chi connectivity index (χ3n) is 3.79. The third-order valence-corrected chi connectivity index (χ3v) is 3.79.